The Kier molecular flexibility index (Phi) is 4.81. The molecule has 0 fully saturated rings. The number of ether oxygens (including phenoxy) is 1. The van der Waals surface area contributed by atoms with Crippen LogP contribution in [0, 0.1) is 10.1 Å². The highest BCUT2D eigenvalue weighted by atomic mass is 16.6. The molecule has 0 radical (unpaired) electrons. The van der Waals surface area contributed by atoms with E-state index in [0.717, 1.165) is 12.1 Å². The minimum atomic E-state index is -0.749. The number of amides is 1. The SMILES string of the molecule is CCOC(=O)CNc1cc([N+](=O)[O-])ccc1C(N)=O. The van der Waals surface area contributed by atoms with Crippen LogP contribution >= 0.6 is 0 Å². The van der Waals surface area contributed by atoms with E-state index in [0.29, 0.717) is 0 Å². The Morgan fingerprint density at radius 2 is 2.16 bits per heavy atom. The number of nitro groups is 1. The maximum atomic E-state index is 11.2. The molecule has 0 atom stereocenters. The second-order valence-electron chi connectivity index (χ2n) is 3.51. The van der Waals surface area contributed by atoms with Crippen molar-refractivity contribution in [3.8, 4) is 0 Å². The molecule has 0 heterocycles. The Morgan fingerprint density at radius 3 is 2.68 bits per heavy atom. The first-order chi connectivity index (χ1) is 8.95. The normalized spacial score (nSPS) is 9.74. The van der Waals surface area contributed by atoms with Gasteiger partial charge in [0.05, 0.1) is 22.8 Å². The molecule has 19 heavy (non-hydrogen) atoms. The van der Waals surface area contributed by atoms with Gasteiger partial charge in [-0.25, -0.2) is 0 Å². The molecule has 0 aliphatic rings. The Bertz CT molecular complexity index is 515. The summed E-state index contributed by atoms with van der Waals surface area (Å²) in [5.74, 6) is -1.29. The molecule has 1 amide bonds. The number of nitrogens with zero attached hydrogens (tertiary/aromatic N) is 1. The molecule has 1 aromatic rings. The van der Waals surface area contributed by atoms with Crippen molar-refractivity contribution in [3.63, 3.8) is 0 Å². The van der Waals surface area contributed by atoms with Gasteiger partial charge in [0.15, 0.2) is 0 Å². The maximum Gasteiger partial charge on any atom is 0.325 e. The minimum Gasteiger partial charge on any atom is -0.465 e. The van der Waals surface area contributed by atoms with E-state index in [4.69, 9.17) is 10.5 Å². The molecule has 1 aromatic carbocycles. The number of hydrogen-bond acceptors (Lipinski definition) is 6. The fourth-order valence-corrected chi connectivity index (χ4v) is 1.39. The van der Waals surface area contributed by atoms with Crippen molar-refractivity contribution in [2.75, 3.05) is 18.5 Å². The van der Waals surface area contributed by atoms with Crippen molar-refractivity contribution in [2.45, 2.75) is 6.92 Å². The van der Waals surface area contributed by atoms with Gasteiger partial charge in [-0.15, -0.1) is 0 Å². The van der Waals surface area contributed by atoms with Crippen molar-refractivity contribution < 1.29 is 19.2 Å². The van der Waals surface area contributed by atoms with Gasteiger partial charge >= 0.3 is 5.97 Å². The molecule has 0 aliphatic carbocycles. The summed E-state index contributed by atoms with van der Waals surface area (Å²) in [7, 11) is 0. The third-order valence-corrected chi connectivity index (χ3v) is 2.21. The van der Waals surface area contributed by atoms with Gasteiger partial charge in [0, 0.05) is 12.1 Å². The molecule has 8 heteroatoms. The molecule has 0 spiro atoms. The Hall–Kier alpha value is -2.64. The van der Waals surface area contributed by atoms with Crippen molar-refractivity contribution in [1.82, 2.24) is 0 Å². The molecule has 102 valence electrons. The van der Waals surface area contributed by atoms with Gasteiger partial charge in [-0.2, -0.15) is 0 Å². The highest BCUT2D eigenvalue weighted by molar-refractivity contribution is 5.99. The van der Waals surface area contributed by atoms with E-state index in [2.05, 4.69) is 5.32 Å². The van der Waals surface area contributed by atoms with Crippen LogP contribution in [0.25, 0.3) is 0 Å². The predicted octanol–water partition coefficient (Wildman–Crippen LogP) is 0.669. The van der Waals surface area contributed by atoms with Gasteiger partial charge in [-0.1, -0.05) is 0 Å². The zero-order valence-electron chi connectivity index (χ0n) is 10.2. The van der Waals surface area contributed by atoms with E-state index in [-0.39, 0.29) is 30.1 Å². The summed E-state index contributed by atoms with van der Waals surface area (Å²) < 4.78 is 4.69. The molecule has 3 N–H and O–H groups in total. The fourth-order valence-electron chi connectivity index (χ4n) is 1.39. The number of non-ortho nitro benzene ring substituents is 1. The van der Waals surface area contributed by atoms with Gasteiger partial charge in [-0.3, -0.25) is 19.7 Å². The molecular weight excluding hydrogens is 254 g/mol. The highest BCUT2D eigenvalue weighted by Gasteiger charge is 2.14. The van der Waals surface area contributed by atoms with E-state index >= 15 is 0 Å². The number of carbonyl (C=O) groups is 2. The third-order valence-electron chi connectivity index (χ3n) is 2.21. The zero-order chi connectivity index (χ0) is 14.4. The fraction of sp³-hybridized carbons (Fsp3) is 0.273. The van der Waals surface area contributed by atoms with Gasteiger partial charge in [0.1, 0.15) is 6.54 Å². The summed E-state index contributed by atoms with van der Waals surface area (Å²) in [5.41, 5.74) is 5.11. The Labute approximate surface area is 108 Å². The molecule has 0 bridgehead atoms. The second-order valence-corrected chi connectivity index (χ2v) is 3.51. The van der Waals surface area contributed by atoms with Gasteiger partial charge in [0.25, 0.3) is 11.6 Å². The summed E-state index contributed by atoms with van der Waals surface area (Å²) in [6.07, 6.45) is 0. The van der Waals surface area contributed by atoms with Crippen LogP contribution < -0.4 is 11.1 Å². The number of rotatable bonds is 6. The van der Waals surface area contributed by atoms with E-state index in [9.17, 15) is 19.7 Å². The molecule has 0 saturated heterocycles. The molecule has 0 aliphatic heterocycles. The first-order valence-electron chi connectivity index (χ1n) is 5.43. The molecule has 8 nitrogen and oxygen atoms in total. The molecule has 0 saturated carbocycles. The van der Waals surface area contributed by atoms with Crippen LogP contribution in [-0.2, 0) is 9.53 Å². The van der Waals surface area contributed by atoms with Crippen LogP contribution in [0.15, 0.2) is 18.2 Å². The monoisotopic (exact) mass is 267 g/mol. The van der Waals surface area contributed by atoms with Crippen LogP contribution in [0.2, 0.25) is 0 Å². The van der Waals surface area contributed by atoms with Crippen LogP contribution in [-0.4, -0.2) is 30.0 Å². The van der Waals surface area contributed by atoms with Crippen molar-refractivity contribution in [1.29, 1.82) is 0 Å². The van der Waals surface area contributed by atoms with Gasteiger partial charge in [-0.05, 0) is 13.0 Å². The number of benzene rings is 1. The number of nitro benzene ring substituents is 1. The van der Waals surface area contributed by atoms with Crippen molar-refractivity contribution in [2.24, 2.45) is 5.73 Å². The zero-order valence-corrected chi connectivity index (χ0v) is 10.2. The van der Waals surface area contributed by atoms with E-state index in [1.54, 1.807) is 6.92 Å². The average Bonchev–Trinajstić information content (AvgIpc) is 2.36. The van der Waals surface area contributed by atoms with Crippen LogP contribution in [0.1, 0.15) is 17.3 Å². The number of esters is 1. The standard InChI is InChI=1S/C11H13N3O5/c1-2-19-10(15)6-13-9-5-7(14(17)18)3-4-8(9)11(12)16/h3-5,13H,2,6H2,1H3,(H2,12,16). The molecule has 0 aromatic heterocycles. The second kappa shape index (κ2) is 6.34. The number of carbonyl (C=O) groups excluding carboxylic acids is 2. The smallest absolute Gasteiger partial charge is 0.325 e. The number of hydrogen-bond donors (Lipinski definition) is 2. The Balaban J connectivity index is 2.94. The lowest BCUT2D eigenvalue weighted by molar-refractivity contribution is -0.384. The first kappa shape index (κ1) is 14.4. The number of anilines is 1. The lowest BCUT2D eigenvalue weighted by Crippen LogP contribution is -2.20. The average molecular weight is 267 g/mol. The lowest BCUT2D eigenvalue weighted by Gasteiger charge is -2.09. The van der Waals surface area contributed by atoms with E-state index < -0.39 is 16.8 Å². The number of primary amides is 1. The Morgan fingerprint density at radius 1 is 1.47 bits per heavy atom. The minimum absolute atomic E-state index is 0.0647. The topological polar surface area (TPSA) is 125 Å². The summed E-state index contributed by atoms with van der Waals surface area (Å²) >= 11 is 0. The van der Waals surface area contributed by atoms with Crippen molar-refractivity contribution in [3.05, 3.63) is 33.9 Å². The highest BCUT2D eigenvalue weighted by Crippen LogP contribution is 2.22. The van der Waals surface area contributed by atoms with Crippen LogP contribution in [0.5, 0.6) is 0 Å². The summed E-state index contributed by atoms with van der Waals surface area (Å²) in [6, 6.07) is 3.53. The first-order valence-corrected chi connectivity index (χ1v) is 5.43. The quantitative estimate of drug-likeness (QED) is 0.443. The lowest BCUT2D eigenvalue weighted by atomic mass is 10.1. The maximum absolute atomic E-state index is 11.2. The van der Waals surface area contributed by atoms with E-state index in [1.807, 2.05) is 0 Å². The third kappa shape index (κ3) is 3.95. The number of nitrogens with two attached hydrogens (primary N) is 1. The molecular formula is C11H13N3O5. The summed E-state index contributed by atoms with van der Waals surface area (Å²) in [5, 5.41) is 13.2. The van der Waals surface area contributed by atoms with Crippen LogP contribution in [0.4, 0.5) is 11.4 Å². The largest absolute Gasteiger partial charge is 0.465 e. The van der Waals surface area contributed by atoms with Gasteiger partial charge in [0.2, 0.25) is 0 Å². The summed E-state index contributed by atoms with van der Waals surface area (Å²) in [6.45, 7) is 1.66. The number of nitrogens with one attached hydrogen (secondary N) is 1. The molecule has 0 unspecified atom stereocenters. The van der Waals surface area contributed by atoms with Crippen LogP contribution in [0.3, 0.4) is 0 Å². The van der Waals surface area contributed by atoms with Gasteiger partial charge < -0.3 is 15.8 Å². The summed E-state index contributed by atoms with van der Waals surface area (Å²) in [4.78, 5) is 32.4. The predicted molar refractivity (Wildman–Crippen MR) is 66.7 cm³/mol. The molecule has 1 rings (SSSR count). The van der Waals surface area contributed by atoms with E-state index in [1.165, 1.54) is 6.07 Å². The van der Waals surface area contributed by atoms with Crippen molar-refractivity contribution >= 4 is 23.3 Å².